The van der Waals surface area contributed by atoms with Crippen molar-refractivity contribution >= 4 is 11.8 Å². The van der Waals surface area contributed by atoms with Gasteiger partial charge in [-0.1, -0.05) is 37.3 Å². The highest BCUT2D eigenvalue weighted by Crippen LogP contribution is 2.28. The number of hydroxylamine groups is 1. The molecule has 3 N–H and O–H groups in total. The molecule has 0 spiro atoms. The Hall–Kier alpha value is -1.96. The van der Waals surface area contributed by atoms with Gasteiger partial charge < -0.3 is 14.8 Å². The third-order valence-corrected chi connectivity index (χ3v) is 6.33. The van der Waals surface area contributed by atoms with Crippen LogP contribution in [0, 0.1) is 17.8 Å². The van der Waals surface area contributed by atoms with Crippen molar-refractivity contribution in [1.82, 2.24) is 10.8 Å². The van der Waals surface area contributed by atoms with Crippen molar-refractivity contribution in [2.24, 2.45) is 17.8 Å². The first-order chi connectivity index (χ1) is 15.5. The van der Waals surface area contributed by atoms with E-state index in [0.717, 1.165) is 38.5 Å². The lowest BCUT2D eigenvalue weighted by atomic mass is 9.82. The number of aryl methyl sites for hydroxylation is 1. The van der Waals surface area contributed by atoms with E-state index in [0.29, 0.717) is 25.4 Å². The first-order valence-electron chi connectivity index (χ1n) is 12.0. The van der Waals surface area contributed by atoms with Crippen LogP contribution in [0.5, 0.6) is 0 Å². The first-order valence-corrected chi connectivity index (χ1v) is 12.0. The van der Waals surface area contributed by atoms with Gasteiger partial charge >= 0.3 is 0 Å². The monoisotopic (exact) mass is 448 g/mol. The Morgan fingerprint density at radius 1 is 1.12 bits per heavy atom. The molecular weight excluding hydrogens is 408 g/mol. The summed E-state index contributed by atoms with van der Waals surface area (Å²) in [7, 11) is 0. The van der Waals surface area contributed by atoms with E-state index in [1.165, 1.54) is 5.56 Å². The summed E-state index contributed by atoms with van der Waals surface area (Å²) in [6.45, 7) is 5.08. The summed E-state index contributed by atoms with van der Waals surface area (Å²) < 4.78 is 10.8. The maximum Gasteiger partial charge on any atom is 0.246 e. The fourth-order valence-electron chi connectivity index (χ4n) is 4.33. The molecule has 2 atom stereocenters. The van der Waals surface area contributed by atoms with Gasteiger partial charge in [0.05, 0.1) is 12.6 Å². The molecule has 2 rings (SSSR count). The van der Waals surface area contributed by atoms with Gasteiger partial charge in [-0.15, -0.1) is 0 Å². The van der Waals surface area contributed by atoms with Crippen LogP contribution in [0.15, 0.2) is 30.3 Å². The minimum absolute atomic E-state index is 0.0174. The fraction of sp³-hybridized carbons (Fsp3) is 0.680. The standard InChI is InChI=1S/C25H40N2O5/c1-3-31-18-32-17-23(26-24(28)21-14-12-19(2)13-15-21)16-22(25(29)27-30)11-7-10-20-8-5-4-6-9-20/h4-6,8-9,19,21-23,30H,3,7,10-18H2,1-2H3,(H,26,28)(H,27,29)/t19?,21?,22-,23-/m0/s1. The largest absolute Gasteiger partial charge is 0.356 e. The van der Waals surface area contributed by atoms with E-state index in [4.69, 9.17) is 9.47 Å². The van der Waals surface area contributed by atoms with Crippen LogP contribution in [-0.2, 0) is 25.5 Å². The molecule has 1 aliphatic rings. The zero-order valence-electron chi connectivity index (χ0n) is 19.6. The normalized spacial score (nSPS) is 20.3. The minimum Gasteiger partial charge on any atom is -0.356 e. The molecule has 1 aliphatic carbocycles. The Labute approximate surface area is 192 Å². The highest BCUT2D eigenvalue weighted by molar-refractivity contribution is 5.79. The second kappa shape index (κ2) is 15.0. The maximum absolute atomic E-state index is 12.9. The van der Waals surface area contributed by atoms with E-state index in [2.05, 4.69) is 24.4 Å². The molecule has 180 valence electrons. The zero-order chi connectivity index (χ0) is 23.2. The van der Waals surface area contributed by atoms with Crippen molar-refractivity contribution in [2.75, 3.05) is 20.0 Å². The number of benzene rings is 1. The minimum atomic E-state index is -0.423. The number of hydrogen-bond acceptors (Lipinski definition) is 5. The second-order valence-electron chi connectivity index (χ2n) is 8.93. The summed E-state index contributed by atoms with van der Waals surface area (Å²) in [5, 5.41) is 12.4. The molecule has 0 radical (unpaired) electrons. The molecule has 1 fully saturated rings. The van der Waals surface area contributed by atoms with E-state index in [1.54, 1.807) is 5.48 Å². The fourth-order valence-corrected chi connectivity index (χ4v) is 4.33. The Morgan fingerprint density at radius 2 is 1.84 bits per heavy atom. The predicted molar refractivity (Wildman–Crippen MR) is 123 cm³/mol. The maximum atomic E-state index is 12.9. The Balaban J connectivity index is 1.94. The SMILES string of the molecule is CCOCOC[C@H](C[C@H](CCCc1ccccc1)C(=O)NO)NC(=O)C1CCC(C)CC1. The van der Waals surface area contributed by atoms with Gasteiger partial charge in [-0.2, -0.15) is 0 Å². The first kappa shape index (κ1) is 26.3. The van der Waals surface area contributed by atoms with E-state index < -0.39 is 11.8 Å². The third-order valence-electron chi connectivity index (χ3n) is 6.33. The molecule has 0 saturated heterocycles. The van der Waals surface area contributed by atoms with Gasteiger partial charge in [-0.05, 0) is 69.8 Å². The van der Waals surface area contributed by atoms with Gasteiger partial charge in [0.15, 0.2) is 0 Å². The lowest BCUT2D eigenvalue weighted by Crippen LogP contribution is -2.45. The summed E-state index contributed by atoms with van der Waals surface area (Å²) in [6.07, 6.45) is 6.62. The molecule has 0 aromatic heterocycles. The van der Waals surface area contributed by atoms with Gasteiger partial charge in [-0.25, -0.2) is 5.48 Å². The number of carbonyl (C=O) groups is 2. The summed E-state index contributed by atoms with van der Waals surface area (Å²) in [6, 6.07) is 9.80. The zero-order valence-corrected chi connectivity index (χ0v) is 19.6. The molecule has 7 nitrogen and oxygen atoms in total. The van der Waals surface area contributed by atoms with E-state index >= 15 is 0 Å². The Bertz CT molecular complexity index is 662. The molecule has 0 unspecified atom stereocenters. The third kappa shape index (κ3) is 9.67. The molecular formula is C25H40N2O5. The summed E-state index contributed by atoms with van der Waals surface area (Å²) in [4.78, 5) is 25.2. The van der Waals surface area contributed by atoms with Crippen LogP contribution in [-0.4, -0.2) is 43.1 Å². The topological polar surface area (TPSA) is 96.9 Å². The van der Waals surface area contributed by atoms with Crippen LogP contribution in [0.1, 0.15) is 64.4 Å². The predicted octanol–water partition coefficient (Wildman–Crippen LogP) is 3.84. The second-order valence-corrected chi connectivity index (χ2v) is 8.93. The highest BCUT2D eigenvalue weighted by atomic mass is 16.7. The smallest absolute Gasteiger partial charge is 0.246 e. The quantitative estimate of drug-likeness (QED) is 0.174. The van der Waals surface area contributed by atoms with Crippen LogP contribution in [0.25, 0.3) is 0 Å². The molecule has 1 aromatic rings. The van der Waals surface area contributed by atoms with Crippen molar-refractivity contribution in [3.63, 3.8) is 0 Å². The molecule has 0 bridgehead atoms. The summed E-state index contributed by atoms with van der Waals surface area (Å²) >= 11 is 0. The Morgan fingerprint density at radius 3 is 2.50 bits per heavy atom. The average molecular weight is 449 g/mol. The van der Waals surface area contributed by atoms with E-state index in [-0.39, 0.29) is 31.3 Å². The van der Waals surface area contributed by atoms with Crippen LogP contribution >= 0.6 is 0 Å². The number of amides is 2. The van der Waals surface area contributed by atoms with Crippen LogP contribution in [0.3, 0.4) is 0 Å². The lowest BCUT2D eigenvalue weighted by molar-refractivity contribution is -0.135. The van der Waals surface area contributed by atoms with Crippen molar-refractivity contribution in [1.29, 1.82) is 0 Å². The van der Waals surface area contributed by atoms with Gasteiger partial charge in [0.1, 0.15) is 6.79 Å². The van der Waals surface area contributed by atoms with E-state index in [9.17, 15) is 14.8 Å². The number of nitrogens with one attached hydrogen (secondary N) is 2. The van der Waals surface area contributed by atoms with E-state index in [1.807, 2.05) is 25.1 Å². The van der Waals surface area contributed by atoms with Crippen molar-refractivity contribution < 1.29 is 24.3 Å². The molecule has 1 saturated carbocycles. The molecule has 2 amide bonds. The van der Waals surface area contributed by atoms with Crippen LogP contribution < -0.4 is 10.8 Å². The highest BCUT2D eigenvalue weighted by Gasteiger charge is 2.28. The van der Waals surface area contributed by atoms with Gasteiger partial charge in [-0.3, -0.25) is 14.8 Å². The Kier molecular flexibility index (Phi) is 12.3. The number of hydrogen-bond donors (Lipinski definition) is 3. The van der Waals surface area contributed by atoms with Gasteiger partial charge in [0.2, 0.25) is 11.8 Å². The van der Waals surface area contributed by atoms with Crippen LogP contribution in [0.2, 0.25) is 0 Å². The number of ether oxygens (including phenoxy) is 2. The van der Waals surface area contributed by atoms with Crippen molar-refractivity contribution in [3.05, 3.63) is 35.9 Å². The molecule has 0 heterocycles. The molecule has 1 aromatic carbocycles. The van der Waals surface area contributed by atoms with Crippen molar-refractivity contribution in [2.45, 2.75) is 71.3 Å². The lowest BCUT2D eigenvalue weighted by Gasteiger charge is -2.29. The van der Waals surface area contributed by atoms with Crippen molar-refractivity contribution in [3.8, 4) is 0 Å². The summed E-state index contributed by atoms with van der Waals surface area (Å²) in [5.74, 6) is -0.116. The van der Waals surface area contributed by atoms with Gasteiger partial charge in [0.25, 0.3) is 0 Å². The average Bonchev–Trinajstić information content (AvgIpc) is 2.81. The number of rotatable bonds is 14. The molecule has 0 aliphatic heterocycles. The summed E-state index contributed by atoms with van der Waals surface area (Å²) in [5.41, 5.74) is 3.01. The molecule has 7 heteroatoms. The van der Waals surface area contributed by atoms with Crippen LogP contribution in [0.4, 0.5) is 0 Å². The molecule has 32 heavy (non-hydrogen) atoms. The van der Waals surface area contributed by atoms with Gasteiger partial charge in [0, 0.05) is 18.4 Å². The number of carbonyl (C=O) groups excluding carboxylic acids is 2.